The lowest BCUT2D eigenvalue weighted by atomic mass is 9.86. The normalized spacial score (nSPS) is 21.8. The van der Waals surface area contributed by atoms with Gasteiger partial charge in [-0.05, 0) is 31.7 Å². The van der Waals surface area contributed by atoms with Gasteiger partial charge >= 0.3 is 0 Å². The molecule has 1 aliphatic heterocycles. The fraction of sp³-hybridized carbons (Fsp3) is 0.600. The van der Waals surface area contributed by atoms with Crippen LogP contribution in [-0.4, -0.2) is 26.7 Å². The van der Waals surface area contributed by atoms with Crippen LogP contribution in [0.4, 0.5) is 5.95 Å². The molecule has 0 aromatic carbocycles. The molecule has 21 heavy (non-hydrogen) atoms. The molecule has 5 nitrogen and oxygen atoms in total. The van der Waals surface area contributed by atoms with Gasteiger partial charge < -0.3 is 10.5 Å². The van der Waals surface area contributed by atoms with Crippen molar-refractivity contribution in [2.45, 2.75) is 51.2 Å². The van der Waals surface area contributed by atoms with Crippen LogP contribution in [0.15, 0.2) is 12.3 Å². The van der Waals surface area contributed by atoms with Gasteiger partial charge in [0.2, 0.25) is 5.95 Å². The molecular formula is C15H21ClN4O. The van der Waals surface area contributed by atoms with E-state index in [2.05, 4.69) is 23.8 Å². The average molecular weight is 309 g/mol. The van der Waals surface area contributed by atoms with Gasteiger partial charge in [0.25, 0.3) is 0 Å². The molecule has 0 aliphatic carbocycles. The summed E-state index contributed by atoms with van der Waals surface area (Å²) in [4.78, 5) is 8.83. The van der Waals surface area contributed by atoms with Crippen LogP contribution in [-0.2, 0) is 4.74 Å². The summed E-state index contributed by atoms with van der Waals surface area (Å²) in [7, 11) is 0. The molecule has 1 aliphatic rings. The van der Waals surface area contributed by atoms with E-state index in [1.807, 2.05) is 10.6 Å². The molecule has 1 unspecified atom stereocenters. The molecule has 1 saturated heterocycles. The molecule has 0 amide bonds. The molecule has 0 bridgehead atoms. The third-order valence-electron chi connectivity index (χ3n) is 4.64. The lowest BCUT2D eigenvalue weighted by molar-refractivity contribution is -0.0980. The number of nitrogens with two attached hydrogens (primary N) is 1. The van der Waals surface area contributed by atoms with Crippen molar-refractivity contribution in [3.63, 3.8) is 0 Å². The fourth-order valence-corrected chi connectivity index (χ4v) is 3.45. The number of ether oxygens (including phenoxy) is 1. The number of pyridine rings is 1. The molecule has 114 valence electrons. The van der Waals surface area contributed by atoms with Crippen LogP contribution in [0.3, 0.4) is 0 Å². The zero-order valence-electron chi connectivity index (χ0n) is 12.5. The van der Waals surface area contributed by atoms with Crippen molar-refractivity contribution in [2.75, 3.05) is 12.3 Å². The fourth-order valence-electron chi connectivity index (χ4n) is 3.30. The summed E-state index contributed by atoms with van der Waals surface area (Å²) in [6.07, 6.45) is 5.53. The Kier molecular flexibility index (Phi) is 3.80. The second-order valence-electron chi connectivity index (χ2n) is 5.72. The minimum atomic E-state index is -0.0572. The van der Waals surface area contributed by atoms with E-state index in [1.54, 1.807) is 6.20 Å². The van der Waals surface area contributed by atoms with E-state index >= 15 is 0 Å². The predicted molar refractivity (Wildman–Crippen MR) is 84.5 cm³/mol. The molecule has 6 heteroatoms. The maximum atomic E-state index is 6.13. The molecule has 3 heterocycles. The number of nitrogen functional groups attached to an aromatic ring is 1. The molecule has 2 aromatic heterocycles. The van der Waals surface area contributed by atoms with Crippen molar-refractivity contribution < 1.29 is 4.74 Å². The van der Waals surface area contributed by atoms with E-state index < -0.39 is 0 Å². The Labute approximate surface area is 129 Å². The zero-order valence-corrected chi connectivity index (χ0v) is 13.2. The van der Waals surface area contributed by atoms with E-state index in [-0.39, 0.29) is 11.6 Å². The molecule has 1 atom stereocenters. The Bertz CT molecular complexity index is 650. The quantitative estimate of drug-likeness (QED) is 0.941. The van der Waals surface area contributed by atoms with Crippen molar-refractivity contribution in [3.8, 4) is 0 Å². The molecule has 2 N–H and O–H groups in total. The number of fused-ring (bicyclic) bond motifs is 1. The summed E-state index contributed by atoms with van der Waals surface area (Å²) in [6, 6.07) is 2.08. The molecule has 3 rings (SSSR count). The van der Waals surface area contributed by atoms with Gasteiger partial charge in [-0.1, -0.05) is 25.4 Å². The van der Waals surface area contributed by atoms with Crippen molar-refractivity contribution in [3.05, 3.63) is 17.3 Å². The van der Waals surface area contributed by atoms with Gasteiger partial charge in [-0.2, -0.15) is 0 Å². The highest BCUT2D eigenvalue weighted by Crippen LogP contribution is 2.39. The number of hydrogen-bond donors (Lipinski definition) is 1. The number of nitrogens with zero attached hydrogens (tertiary/aromatic N) is 3. The molecule has 0 radical (unpaired) electrons. The molecule has 1 fully saturated rings. The van der Waals surface area contributed by atoms with Gasteiger partial charge in [0.1, 0.15) is 5.52 Å². The van der Waals surface area contributed by atoms with Crippen molar-refractivity contribution >= 4 is 28.7 Å². The van der Waals surface area contributed by atoms with E-state index in [0.29, 0.717) is 11.0 Å². The lowest BCUT2D eigenvalue weighted by Crippen LogP contribution is -2.39. The van der Waals surface area contributed by atoms with Gasteiger partial charge in [-0.25, -0.2) is 9.97 Å². The monoisotopic (exact) mass is 308 g/mol. The van der Waals surface area contributed by atoms with E-state index in [0.717, 1.165) is 43.5 Å². The summed E-state index contributed by atoms with van der Waals surface area (Å²) in [5.41, 5.74) is 7.64. The molecular weight excluding hydrogens is 288 g/mol. The first-order valence-electron chi connectivity index (χ1n) is 7.51. The Morgan fingerprint density at radius 2 is 2.24 bits per heavy atom. The van der Waals surface area contributed by atoms with Crippen LogP contribution in [0.1, 0.15) is 45.6 Å². The van der Waals surface area contributed by atoms with Gasteiger partial charge in [-0.3, -0.25) is 4.57 Å². The minimum Gasteiger partial charge on any atom is -0.375 e. The first-order chi connectivity index (χ1) is 10.1. The maximum Gasteiger partial charge on any atom is 0.202 e. The topological polar surface area (TPSA) is 66.0 Å². The van der Waals surface area contributed by atoms with Crippen molar-refractivity contribution in [1.29, 1.82) is 0 Å². The van der Waals surface area contributed by atoms with Gasteiger partial charge in [-0.15, -0.1) is 0 Å². The van der Waals surface area contributed by atoms with E-state index in [1.165, 1.54) is 0 Å². The van der Waals surface area contributed by atoms with E-state index in [9.17, 15) is 0 Å². The summed E-state index contributed by atoms with van der Waals surface area (Å²) < 4.78 is 8.10. The lowest BCUT2D eigenvalue weighted by Gasteiger charge is -2.40. The average Bonchev–Trinajstić information content (AvgIpc) is 2.82. The molecule has 0 saturated carbocycles. The Morgan fingerprint density at radius 1 is 1.48 bits per heavy atom. The largest absolute Gasteiger partial charge is 0.375 e. The highest BCUT2D eigenvalue weighted by Gasteiger charge is 2.36. The minimum absolute atomic E-state index is 0.0572. The number of rotatable bonds is 3. The SMILES string of the molecule is CCC1(CC)CC(n2c(N)nc3cc(Cl)cnc32)CCO1. The Morgan fingerprint density at radius 3 is 2.95 bits per heavy atom. The van der Waals surface area contributed by atoms with Crippen LogP contribution in [0.2, 0.25) is 5.02 Å². The number of aromatic nitrogens is 3. The van der Waals surface area contributed by atoms with Crippen molar-refractivity contribution in [1.82, 2.24) is 14.5 Å². The summed E-state index contributed by atoms with van der Waals surface area (Å²) in [5, 5.41) is 0.579. The first-order valence-corrected chi connectivity index (χ1v) is 7.89. The maximum absolute atomic E-state index is 6.13. The first kappa shape index (κ1) is 14.6. The Balaban J connectivity index is 2.02. The van der Waals surface area contributed by atoms with Gasteiger partial charge in [0.05, 0.1) is 10.6 Å². The van der Waals surface area contributed by atoms with E-state index in [4.69, 9.17) is 22.1 Å². The number of imidazole rings is 1. The summed E-state index contributed by atoms with van der Waals surface area (Å²) in [6.45, 7) is 5.11. The number of halogens is 1. The number of anilines is 1. The standard InChI is InChI=1S/C15H21ClN4O/c1-3-15(4-2)8-11(5-6-21-15)20-13-12(19-14(20)17)7-10(16)9-18-13/h7,9,11H,3-6,8H2,1-2H3,(H2,17,19). The van der Waals surface area contributed by atoms with Crippen LogP contribution >= 0.6 is 11.6 Å². The highest BCUT2D eigenvalue weighted by molar-refractivity contribution is 6.31. The smallest absolute Gasteiger partial charge is 0.202 e. The van der Waals surface area contributed by atoms with Crippen LogP contribution in [0, 0.1) is 0 Å². The molecule has 0 spiro atoms. The van der Waals surface area contributed by atoms with Crippen LogP contribution < -0.4 is 5.73 Å². The third kappa shape index (κ3) is 2.49. The van der Waals surface area contributed by atoms with Gasteiger partial charge in [0, 0.05) is 18.8 Å². The van der Waals surface area contributed by atoms with Gasteiger partial charge in [0.15, 0.2) is 5.65 Å². The van der Waals surface area contributed by atoms with Crippen LogP contribution in [0.5, 0.6) is 0 Å². The second kappa shape index (κ2) is 5.46. The highest BCUT2D eigenvalue weighted by atomic mass is 35.5. The second-order valence-corrected chi connectivity index (χ2v) is 6.16. The summed E-state index contributed by atoms with van der Waals surface area (Å²) >= 11 is 5.98. The predicted octanol–water partition coefficient (Wildman–Crippen LogP) is 3.58. The van der Waals surface area contributed by atoms with Crippen molar-refractivity contribution in [2.24, 2.45) is 0 Å². The zero-order chi connectivity index (χ0) is 15.0. The number of hydrogen-bond acceptors (Lipinski definition) is 4. The van der Waals surface area contributed by atoms with Crippen LogP contribution in [0.25, 0.3) is 11.2 Å². The molecule has 2 aromatic rings. The third-order valence-corrected chi connectivity index (χ3v) is 4.85. The summed E-state index contributed by atoms with van der Waals surface area (Å²) in [5.74, 6) is 0.507. The Hall–Kier alpha value is -1.33.